The maximum atomic E-state index is 11.8. The van der Waals surface area contributed by atoms with E-state index in [1.165, 1.54) is 12.1 Å². The maximum Gasteiger partial charge on any atom is 0.325 e. The molecule has 1 aliphatic heterocycles. The Morgan fingerprint density at radius 2 is 2.11 bits per heavy atom. The number of nitrogens with two attached hydrogens (primary N) is 1. The highest BCUT2D eigenvalue weighted by Gasteiger charge is 2.31. The zero-order valence-corrected chi connectivity index (χ0v) is 10.2. The fraction of sp³-hybridized carbons (Fsp3) is 0.300. The van der Waals surface area contributed by atoms with Gasteiger partial charge in [-0.3, -0.25) is 4.79 Å². The highest BCUT2D eigenvalue weighted by atomic mass is 32.2. The summed E-state index contributed by atoms with van der Waals surface area (Å²) in [6, 6.07) is 1.32. The molecule has 0 saturated carbocycles. The molecule has 1 aliphatic rings. The molecule has 0 saturated heterocycles. The van der Waals surface area contributed by atoms with Gasteiger partial charge in [-0.05, 0) is 6.07 Å². The molecule has 1 aromatic carbocycles. The summed E-state index contributed by atoms with van der Waals surface area (Å²) in [5.41, 5.74) is 5.45. The number of aliphatic carboxylic acids is 1. The van der Waals surface area contributed by atoms with Gasteiger partial charge in [0.1, 0.15) is 10.9 Å². The van der Waals surface area contributed by atoms with Crippen LogP contribution >= 0.6 is 0 Å². The lowest BCUT2D eigenvalue weighted by atomic mass is 10.1. The van der Waals surface area contributed by atoms with E-state index in [1.807, 2.05) is 0 Å². The van der Waals surface area contributed by atoms with Gasteiger partial charge in [-0.15, -0.1) is 0 Å². The normalized spacial score (nSPS) is 15.4. The molecule has 0 fully saturated rings. The number of carbonyl (C=O) groups is 1. The third kappa shape index (κ3) is 2.00. The average molecular weight is 273 g/mol. The van der Waals surface area contributed by atoms with Gasteiger partial charge in [-0.1, -0.05) is 6.07 Å². The predicted octanol–water partition coefficient (Wildman–Crippen LogP) is -0.0968. The molecule has 0 aliphatic carbocycles. The number of hydrogen-bond donors (Lipinski definition) is 2. The van der Waals surface area contributed by atoms with E-state index in [9.17, 15) is 13.2 Å². The van der Waals surface area contributed by atoms with Crippen LogP contribution in [0.5, 0.6) is 11.5 Å². The van der Waals surface area contributed by atoms with Gasteiger partial charge in [0.2, 0.25) is 6.79 Å². The third-order valence-corrected chi connectivity index (χ3v) is 3.66. The van der Waals surface area contributed by atoms with E-state index < -0.39 is 21.8 Å². The number of carboxylic acids is 1. The van der Waals surface area contributed by atoms with E-state index in [1.54, 1.807) is 0 Å². The largest absolute Gasteiger partial charge is 0.480 e. The van der Waals surface area contributed by atoms with Crippen molar-refractivity contribution in [2.24, 2.45) is 5.73 Å². The molecule has 0 amide bonds. The lowest BCUT2D eigenvalue weighted by Crippen LogP contribution is -2.23. The molecule has 8 heteroatoms. The van der Waals surface area contributed by atoms with Crippen LogP contribution in [0.25, 0.3) is 0 Å². The molecule has 0 aromatic heterocycles. The molecular formula is C10H11NO6S. The van der Waals surface area contributed by atoms with Crippen molar-refractivity contribution in [2.45, 2.75) is 10.9 Å². The van der Waals surface area contributed by atoms with Crippen LogP contribution in [-0.2, 0) is 14.6 Å². The van der Waals surface area contributed by atoms with Crippen LogP contribution in [0.3, 0.4) is 0 Å². The fourth-order valence-corrected chi connectivity index (χ4v) is 2.84. The van der Waals surface area contributed by atoms with E-state index >= 15 is 0 Å². The summed E-state index contributed by atoms with van der Waals surface area (Å²) < 4.78 is 33.6. The van der Waals surface area contributed by atoms with Crippen LogP contribution in [0.1, 0.15) is 11.6 Å². The Hall–Kier alpha value is -1.80. The quantitative estimate of drug-likeness (QED) is 0.790. The van der Waals surface area contributed by atoms with Gasteiger partial charge in [0.05, 0.1) is 0 Å². The summed E-state index contributed by atoms with van der Waals surface area (Å²) in [6.07, 6.45) is 0.961. The number of hydrogen-bond acceptors (Lipinski definition) is 6. The smallest absolute Gasteiger partial charge is 0.325 e. The zero-order valence-electron chi connectivity index (χ0n) is 9.41. The van der Waals surface area contributed by atoms with E-state index in [0.29, 0.717) is 0 Å². The lowest BCUT2D eigenvalue weighted by Gasteiger charge is -2.13. The summed E-state index contributed by atoms with van der Waals surface area (Å²) in [6.45, 7) is -0.108. The molecule has 1 unspecified atom stereocenters. The van der Waals surface area contributed by atoms with E-state index in [0.717, 1.165) is 6.26 Å². The van der Waals surface area contributed by atoms with Gasteiger partial charge in [-0.25, -0.2) is 8.42 Å². The molecule has 1 heterocycles. The van der Waals surface area contributed by atoms with Crippen molar-refractivity contribution in [1.29, 1.82) is 0 Å². The molecule has 18 heavy (non-hydrogen) atoms. The van der Waals surface area contributed by atoms with Crippen molar-refractivity contribution in [3.05, 3.63) is 17.7 Å². The second-order valence-electron chi connectivity index (χ2n) is 3.81. The van der Waals surface area contributed by atoms with Gasteiger partial charge >= 0.3 is 5.97 Å². The Bertz CT molecular complexity index is 609. The second kappa shape index (κ2) is 4.14. The molecular weight excluding hydrogens is 262 g/mol. The Labute approximate surface area is 103 Å². The Balaban J connectivity index is 2.72. The lowest BCUT2D eigenvalue weighted by molar-refractivity contribution is -0.138. The molecule has 7 nitrogen and oxygen atoms in total. The number of fused-ring (bicyclic) bond motifs is 1. The van der Waals surface area contributed by atoms with Gasteiger partial charge in [0, 0.05) is 11.8 Å². The SMILES string of the molecule is CS(=O)(=O)c1c(C(N)C(=O)O)ccc2c1OCO2. The highest BCUT2D eigenvalue weighted by Crippen LogP contribution is 2.41. The first-order valence-corrected chi connectivity index (χ1v) is 6.82. The van der Waals surface area contributed by atoms with Crippen LogP contribution in [0.4, 0.5) is 0 Å². The number of ether oxygens (including phenoxy) is 2. The number of carboxylic acid groups (broad SMARTS) is 1. The fourth-order valence-electron chi connectivity index (χ4n) is 1.72. The first kappa shape index (κ1) is 12.7. The summed E-state index contributed by atoms with van der Waals surface area (Å²) >= 11 is 0. The van der Waals surface area contributed by atoms with Crippen LogP contribution in [-0.4, -0.2) is 32.5 Å². The molecule has 2 rings (SSSR count). The molecule has 1 atom stereocenters. The Morgan fingerprint density at radius 1 is 1.44 bits per heavy atom. The summed E-state index contributed by atoms with van der Waals surface area (Å²) in [4.78, 5) is 10.7. The topological polar surface area (TPSA) is 116 Å². The molecule has 3 N–H and O–H groups in total. The monoisotopic (exact) mass is 273 g/mol. The van der Waals surface area contributed by atoms with Gasteiger partial charge in [0.15, 0.2) is 21.3 Å². The van der Waals surface area contributed by atoms with E-state index in [4.69, 9.17) is 20.3 Å². The van der Waals surface area contributed by atoms with Gasteiger partial charge in [-0.2, -0.15) is 0 Å². The van der Waals surface area contributed by atoms with Gasteiger partial charge in [0.25, 0.3) is 0 Å². The number of benzene rings is 1. The minimum Gasteiger partial charge on any atom is -0.480 e. The molecule has 1 aromatic rings. The first-order valence-electron chi connectivity index (χ1n) is 4.93. The molecule has 98 valence electrons. The minimum atomic E-state index is -3.69. The zero-order chi connectivity index (χ0) is 13.5. The summed E-state index contributed by atoms with van der Waals surface area (Å²) in [5.74, 6) is -1.04. The Morgan fingerprint density at radius 3 is 2.67 bits per heavy atom. The molecule has 0 radical (unpaired) electrons. The van der Waals surface area contributed by atoms with Crippen LogP contribution in [0.2, 0.25) is 0 Å². The number of rotatable bonds is 3. The van der Waals surface area contributed by atoms with E-state index in [2.05, 4.69) is 0 Å². The average Bonchev–Trinajstić information content (AvgIpc) is 2.72. The first-order chi connectivity index (χ1) is 8.32. The predicted molar refractivity (Wildman–Crippen MR) is 60.2 cm³/mol. The van der Waals surface area contributed by atoms with Crippen molar-refractivity contribution in [3.8, 4) is 11.5 Å². The number of sulfone groups is 1. The van der Waals surface area contributed by atoms with Crippen molar-refractivity contribution >= 4 is 15.8 Å². The minimum absolute atomic E-state index is 0.0192. The third-order valence-electron chi connectivity index (χ3n) is 2.50. The van der Waals surface area contributed by atoms with Gasteiger partial charge < -0.3 is 20.3 Å². The summed E-state index contributed by atoms with van der Waals surface area (Å²) in [7, 11) is -3.69. The van der Waals surface area contributed by atoms with E-state index in [-0.39, 0.29) is 28.8 Å². The molecule has 0 spiro atoms. The van der Waals surface area contributed by atoms with Crippen molar-refractivity contribution < 1.29 is 27.8 Å². The maximum absolute atomic E-state index is 11.8. The van der Waals surface area contributed by atoms with Crippen LogP contribution in [0, 0.1) is 0 Å². The van der Waals surface area contributed by atoms with Crippen LogP contribution < -0.4 is 15.2 Å². The highest BCUT2D eigenvalue weighted by molar-refractivity contribution is 7.90. The second-order valence-corrected chi connectivity index (χ2v) is 5.76. The van der Waals surface area contributed by atoms with Crippen LogP contribution in [0.15, 0.2) is 17.0 Å². The standard InChI is InChI=1S/C10H11NO6S/c1-18(14,15)9-5(7(11)10(12)13)2-3-6-8(9)17-4-16-6/h2-3,7H,4,11H2,1H3,(H,12,13). The van der Waals surface area contributed by atoms with Crippen molar-refractivity contribution in [3.63, 3.8) is 0 Å². The van der Waals surface area contributed by atoms with Crippen molar-refractivity contribution in [1.82, 2.24) is 0 Å². The Kier molecular flexibility index (Phi) is 2.91. The molecule has 0 bridgehead atoms. The summed E-state index contributed by atoms with van der Waals surface area (Å²) in [5, 5.41) is 8.88. The van der Waals surface area contributed by atoms with Crippen molar-refractivity contribution in [2.75, 3.05) is 13.0 Å².